The van der Waals surface area contributed by atoms with Crippen LogP contribution >= 0.6 is 11.8 Å². The Kier molecular flexibility index (Phi) is 5.76. The lowest BCUT2D eigenvalue weighted by Gasteiger charge is -2.34. The van der Waals surface area contributed by atoms with Crippen molar-refractivity contribution in [3.8, 4) is 0 Å². The van der Waals surface area contributed by atoms with Crippen molar-refractivity contribution >= 4 is 34.7 Å². The molecule has 1 fully saturated rings. The SMILES string of the molecule is Cc1ccc2c(c1)C(=O)N(CCC(=O)N(C1=NCC(C)S1)C1CCCCC1)C2=O. The molecule has 29 heavy (non-hydrogen) atoms. The second kappa shape index (κ2) is 8.30. The predicted molar refractivity (Wildman–Crippen MR) is 114 cm³/mol. The Hall–Kier alpha value is -2.15. The summed E-state index contributed by atoms with van der Waals surface area (Å²) in [5, 5.41) is 1.19. The number of amidine groups is 1. The van der Waals surface area contributed by atoms with Gasteiger partial charge in [-0.25, -0.2) is 0 Å². The number of thioether (sulfide) groups is 1. The molecule has 154 valence electrons. The van der Waals surface area contributed by atoms with Crippen LogP contribution in [0.2, 0.25) is 0 Å². The molecular weight excluding hydrogens is 386 g/mol. The average molecular weight is 414 g/mol. The number of carbonyl (C=O) groups is 3. The first-order valence-electron chi connectivity index (χ1n) is 10.5. The van der Waals surface area contributed by atoms with Gasteiger partial charge in [0.15, 0.2) is 5.17 Å². The van der Waals surface area contributed by atoms with Crippen molar-refractivity contribution in [1.29, 1.82) is 0 Å². The van der Waals surface area contributed by atoms with Gasteiger partial charge >= 0.3 is 0 Å². The van der Waals surface area contributed by atoms with Crippen molar-refractivity contribution in [2.45, 2.75) is 63.7 Å². The van der Waals surface area contributed by atoms with Crippen LogP contribution in [0.4, 0.5) is 0 Å². The van der Waals surface area contributed by atoms with Crippen LogP contribution in [0, 0.1) is 6.92 Å². The highest BCUT2D eigenvalue weighted by molar-refractivity contribution is 8.14. The monoisotopic (exact) mass is 413 g/mol. The van der Waals surface area contributed by atoms with Gasteiger partial charge in [0.2, 0.25) is 5.91 Å². The number of rotatable bonds is 4. The minimum absolute atomic E-state index is 0.0370. The maximum atomic E-state index is 13.2. The first kappa shape index (κ1) is 20.1. The van der Waals surface area contributed by atoms with Crippen LogP contribution in [0.15, 0.2) is 23.2 Å². The average Bonchev–Trinajstić information content (AvgIpc) is 3.23. The standard InChI is InChI=1S/C22H27N3O3S/c1-14-8-9-17-18(12-14)21(28)24(20(17)27)11-10-19(26)25(16-6-4-3-5-7-16)22-23-13-15(2)29-22/h8-9,12,15-16H,3-7,10-11,13H2,1-2H3. The van der Waals surface area contributed by atoms with Crippen molar-refractivity contribution < 1.29 is 14.4 Å². The topological polar surface area (TPSA) is 70.1 Å². The summed E-state index contributed by atoms with van der Waals surface area (Å²) in [4.78, 5) is 46.3. The van der Waals surface area contributed by atoms with Crippen LogP contribution in [-0.2, 0) is 4.79 Å². The summed E-state index contributed by atoms with van der Waals surface area (Å²) < 4.78 is 0. The maximum Gasteiger partial charge on any atom is 0.261 e. The summed E-state index contributed by atoms with van der Waals surface area (Å²) in [7, 11) is 0. The molecule has 1 unspecified atom stereocenters. The van der Waals surface area contributed by atoms with Gasteiger partial charge in [-0.2, -0.15) is 0 Å². The van der Waals surface area contributed by atoms with E-state index in [-0.39, 0.29) is 36.7 Å². The fourth-order valence-corrected chi connectivity index (χ4v) is 5.36. The summed E-state index contributed by atoms with van der Waals surface area (Å²) in [5.74, 6) is -0.639. The fourth-order valence-electron chi connectivity index (χ4n) is 4.34. The molecule has 7 heteroatoms. The van der Waals surface area contributed by atoms with E-state index in [2.05, 4.69) is 11.9 Å². The van der Waals surface area contributed by atoms with Crippen molar-refractivity contribution in [3.63, 3.8) is 0 Å². The third-order valence-corrected chi connectivity index (χ3v) is 6.97. The van der Waals surface area contributed by atoms with Gasteiger partial charge in [0.05, 0.1) is 17.7 Å². The summed E-state index contributed by atoms with van der Waals surface area (Å²) in [6, 6.07) is 5.46. The van der Waals surface area contributed by atoms with E-state index in [9.17, 15) is 14.4 Å². The summed E-state index contributed by atoms with van der Waals surface area (Å²) in [5.41, 5.74) is 1.81. The normalized spacial score (nSPS) is 22.1. The van der Waals surface area contributed by atoms with Crippen LogP contribution in [0.25, 0.3) is 0 Å². The molecule has 0 aromatic heterocycles. The lowest BCUT2D eigenvalue weighted by molar-refractivity contribution is -0.129. The first-order chi connectivity index (χ1) is 14.0. The molecule has 3 amide bonds. The van der Waals surface area contributed by atoms with E-state index in [1.807, 2.05) is 17.9 Å². The minimum atomic E-state index is -0.303. The molecule has 1 atom stereocenters. The molecule has 0 radical (unpaired) electrons. The van der Waals surface area contributed by atoms with Gasteiger partial charge in [-0.3, -0.25) is 29.2 Å². The predicted octanol–water partition coefficient (Wildman–Crippen LogP) is 3.63. The Morgan fingerprint density at radius 3 is 2.59 bits per heavy atom. The lowest BCUT2D eigenvalue weighted by Crippen LogP contribution is -2.45. The summed E-state index contributed by atoms with van der Waals surface area (Å²) in [6.45, 7) is 4.86. The van der Waals surface area contributed by atoms with Crippen molar-refractivity contribution in [2.24, 2.45) is 4.99 Å². The molecule has 6 nitrogen and oxygen atoms in total. The van der Waals surface area contributed by atoms with Crippen molar-refractivity contribution in [2.75, 3.05) is 13.1 Å². The van der Waals surface area contributed by atoms with Crippen LogP contribution in [-0.4, -0.2) is 57.1 Å². The molecule has 1 aliphatic carbocycles. The number of nitrogens with zero attached hydrogens (tertiary/aromatic N) is 3. The largest absolute Gasteiger partial charge is 0.288 e. The molecule has 1 aromatic rings. The van der Waals surface area contributed by atoms with Crippen LogP contribution in [0.5, 0.6) is 0 Å². The van der Waals surface area contributed by atoms with E-state index in [1.54, 1.807) is 23.9 Å². The quantitative estimate of drug-likeness (QED) is 0.707. The molecule has 2 aliphatic heterocycles. The second-order valence-corrected chi connectivity index (χ2v) is 9.57. The summed E-state index contributed by atoms with van der Waals surface area (Å²) in [6.07, 6.45) is 5.58. The number of amides is 3. The highest BCUT2D eigenvalue weighted by Crippen LogP contribution is 2.31. The third-order valence-electron chi connectivity index (χ3n) is 5.88. The number of fused-ring (bicyclic) bond motifs is 1. The molecule has 2 heterocycles. The maximum absolute atomic E-state index is 13.2. The lowest BCUT2D eigenvalue weighted by atomic mass is 9.94. The van der Waals surface area contributed by atoms with E-state index in [4.69, 9.17) is 0 Å². The van der Waals surface area contributed by atoms with Gasteiger partial charge in [0.1, 0.15) is 0 Å². The number of aliphatic imine (C=N–C) groups is 1. The van der Waals surface area contributed by atoms with Crippen molar-refractivity contribution in [3.05, 3.63) is 34.9 Å². The first-order valence-corrected chi connectivity index (χ1v) is 11.3. The number of benzene rings is 1. The molecule has 0 N–H and O–H groups in total. The molecule has 3 aliphatic rings. The van der Waals surface area contributed by atoms with Gasteiger partial charge in [-0.05, 0) is 31.9 Å². The van der Waals surface area contributed by atoms with Gasteiger partial charge in [0, 0.05) is 24.3 Å². The molecular formula is C22H27N3O3S. The van der Waals surface area contributed by atoms with Crippen LogP contribution in [0.3, 0.4) is 0 Å². The number of hydrogen-bond donors (Lipinski definition) is 0. The van der Waals surface area contributed by atoms with Gasteiger partial charge in [-0.1, -0.05) is 49.6 Å². The Morgan fingerprint density at radius 2 is 1.90 bits per heavy atom. The smallest absolute Gasteiger partial charge is 0.261 e. The Balaban J connectivity index is 1.47. The zero-order valence-corrected chi connectivity index (χ0v) is 17.8. The molecule has 0 saturated heterocycles. The van der Waals surface area contributed by atoms with Crippen molar-refractivity contribution in [1.82, 2.24) is 9.80 Å². The Morgan fingerprint density at radius 1 is 1.17 bits per heavy atom. The zero-order chi connectivity index (χ0) is 20.5. The highest BCUT2D eigenvalue weighted by Gasteiger charge is 2.37. The van der Waals surface area contributed by atoms with E-state index in [0.717, 1.165) is 43.0 Å². The van der Waals surface area contributed by atoms with E-state index < -0.39 is 0 Å². The number of imide groups is 1. The van der Waals surface area contributed by atoms with Gasteiger partial charge < -0.3 is 0 Å². The van der Waals surface area contributed by atoms with Crippen LogP contribution < -0.4 is 0 Å². The zero-order valence-electron chi connectivity index (χ0n) is 17.0. The number of carbonyl (C=O) groups excluding carboxylic acids is 3. The molecule has 0 spiro atoms. The third kappa shape index (κ3) is 3.97. The Labute approximate surface area is 175 Å². The van der Waals surface area contributed by atoms with E-state index in [1.165, 1.54) is 11.3 Å². The number of hydrogen-bond acceptors (Lipinski definition) is 5. The highest BCUT2D eigenvalue weighted by atomic mass is 32.2. The Bertz CT molecular complexity index is 876. The van der Waals surface area contributed by atoms with E-state index >= 15 is 0 Å². The van der Waals surface area contributed by atoms with Gasteiger partial charge in [0.25, 0.3) is 11.8 Å². The molecule has 0 bridgehead atoms. The molecule has 4 rings (SSSR count). The van der Waals surface area contributed by atoms with Crippen LogP contribution in [0.1, 0.15) is 71.7 Å². The molecule has 1 aromatic carbocycles. The fraction of sp³-hybridized carbons (Fsp3) is 0.545. The van der Waals surface area contributed by atoms with Gasteiger partial charge in [-0.15, -0.1) is 0 Å². The second-order valence-electron chi connectivity index (χ2n) is 8.17. The van der Waals surface area contributed by atoms with E-state index in [0.29, 0.717) is 16.4 Å². The number of aryl methyl sites for hydroxylation is 1. The summed E-state index contributed by atoms with van der Waals surface area (Å²) >= 11 is 1.65. The minimum Gasteiger partial charge on any atom is -0.288 e. The molecule has 1 saturated carbocycles.